The van der Waals surface area contributed by atoms with E-state index in [-0.39, 0.29) is 28.0 Å². The fourth-order valence-corrected chi connectivity index (χ4v) is 5.12. The minimum Gasteiger partial charge on any atom is -0.322 e. The third kappa shape index (κ3) is 6.87. The lowest BCUT2D eigenvalue weighted by atomic mass is 9.85. The molecule has 3 aromatic rings. The molecule has 3 aromatic carbocycles. The Morgan fingerprint density at radius 3 is 1.57 bits per heavy atom. The number of rotatable bonds is 6. The van der Waals surface area contributed by atoms with Gasteiger partial charge >= 0.3 is 17.7 Å². The van der Waals surface area contributed by atoms with Crippen LogP contribution in [0.3, 0.4) is 0 Å². The molecule has 6 heteroatoms. The highest BCUT2D eigenvalue weighted by Crippen LogP contribution is 2.34. The first-order chi connectivity index (χ1) is 20.5. The Morgan fingerprint density at radius 1 is 0.659 bits per heavy atom. The van der Waals surface area contributed by atoms with Crippen molar-refractivity contribution in [1.82, 2.24) is 4.48 Å². The predicted molar refractivity (Wildman–Crippen MR) is 180 cm³/mol. The number of nitrogens with zero attached hydrogens (tertiary/aromatic N) is 1. The van der Waals surface area contributed by atoms with Crippen LogP contribution < -0.4 is 9.80 Å². The first-order valence-electron chi connectivity index (χ1n) is 14.9. The summed E-state index contributed by atoms with van der Waals surface area (Å²) in [7, 11) is 0. The molecule has 0 atom stereocenters. The van der Waals surface area contributed by atoms with Crippen LogP contribution in [0.2, 0.25) is 0 Å². The number of benzene rings is 3. The normalized spacial score (nSPS) is 12.5. The van der Waals surface area contributed by atoms with E-state index in [9.17, 15) is 19.2 Å². The maximum absolute atomic E-state index is 14.6. The molecule has 3 rings (SSSR count). The van der Waals surface area contributed by atoms with Gasteiger partial charge in [0, 0.05) is 35.5 Å². The van der Waals surface area contributed by atoms with E-state index in [1.807, 2.05) is 31.2 Å². The lowest BCUT2D eigenvalue weighted by molar-refractivity contribution is -0.134. The van der Waals surface area contributed by atoms with Gasteiger partial charge in [-0.25, -0.2) is 14.4 Å². The quantitative estimate of drug-likeness (QED) is 0.230. The molecule has 230 valence electrons. The molecule has 0 spiro atoms. The van der Waals surface area contributed by atoms with Gasteiger partial charge in [0.25, 0.3) is 5.91 Å². The molecule has 1 N–H and O–H groups in total. The largest absolute Gasteiger partial charge is 0.366 e. The highest BCUT2D eigenvalue weighted by molar-refractivity contribution is 6.33. The van der Waals surface area contributed by atoms with Gasteiger partial charge in [-0.3, -0.25) is 4.79 Å². The number of anilines is 1. The van der Waals surface area contributed by atoms with Crippen LogP contribution in [0.25, 0.3) is 0 Å². The van der Waals surface area contributed by atoms with Gasteiger partial charge in [0.2, 0.25) is 0 Å². The van der Waals surface area contributed by atoms with Gasteiger partial charge in [0.15, 0.2) is 5.69 Å². The average molecular weight is 594 g/mol. The van der Waals surface area contributed by atoms with Gasteiger partial charge in [0.1, 0.15) is 0 Å². The molecule has 0 saturated carbocycles. The molecule has 0 bridgehead atoms. The van der Waals surface area contributed by atoms with E-state index in [1.165, 1.54) is 30.4 Å². The Balaban J connectivity index is 2.20. The molecule has 44 heavy (non-hydrogen) atoms. The number of hydrogen-bond donors (Lipinski definition) is 1. The van der Waals surface area contributed by atoms with Gasteiger partial charge in [-0.1, -0.05) is 88.5 Å². The van der Waals surface area contributed by atoms with Crippen LogP contribution in [0.15, 0.2) is 85.0 Å². The minimum atomic E-state index is -1.23. The highest BCUT2D eigenvalue weighted by Gasteiger charge is 2.53. The van der Waals surface area contributed by atoms with Crippen LogP contribution in [-0.4, -0.2) is 23.6 Å². The van der Waals surface area contributed by atoms with Crippen molar-refractivity contribution in [2.24, 2.45) is 0 Å². The molecular weight excluding hydrogens is 548 g/mol. The second kappa shape index (κ2) is 13.1. The fraction of sp³-hybridized carbons (Fsp3) is 0.316. The number of nitrogens with one attached hydrogen (secondary N) is 1. The second-order valence-corrected chi connectivity index (χ2v) is 13.2. The van der Waals surface area contributed by atoms with Crippen LogP contribution in [-0.2, 0) is 20.4 Å². The first-order valence-corrected chi connectivity index (χ1v) is 14.9. The summed E-state index contributed by atoms with van der Waals surface area (Å²) in [6, 6.07) is 17.6. The Bertz CT molecular complexity index is 1640. The number of hydrogen-bond acceptors (Lipinski definition) is 4. The van der Waals surface area contributed by atoms with Gasteiger partial charge in [-0.15, -0.1) is 0 Å². The van der Waals surface area contributed by atoms with Gasteiger partial charge < -0.3 is 5.32 Å². The van der Waals surface area contributed by atoms with Crippen molar-refractivity contribution < 1.29 is 19.2 Å². The summed E-state index contributed by atoms with van der Waals surface area (Å²) in [5, 5.41) is 2.91. The topological polar surface area (TPSA) is 80.3 Å². The van der Waals surface area contributed by atoms with Crippen molar-refractivity contribution in [3.05, 3.63) is 118 Å². The molecule has 4 amide bonds. The zero-order valence-electron chi connectivity index (χ0n) is 27.7. The lowest BCUT2D eigenvalue weighted by Gasteiger charge is -2.29. The maximum atomic E-state index is 14.6. The third-order valence-electron chi connectivity index (χ3n) is 7.74. The number of allylic oxidation sites excluding steroid dienone is 2. The van der Waals surface area contributed by atoms with Crippen LogP contribution in [0, 0.1) is 13.8 Å². The Hall–Kier alpha value is -4.42. The molecule has 6 nitrogen and oxygen atoms in total. The summed E-state index contributed by atoms with van der Waals surface area (Å²) < 4.78 is -1.23. The molecule has 0 aliphatic rings. The van der Waals surface area contributed by atoms with Crippen LogP contribution in [0.4, 0.5) is 11.4 Å². The zero-order chi connectivity index (χ0) is 33.0. The average Bonchev–Trinajstić information content (AvgIpc) is 2.92. The summed E-state index contributed by atoms with van der Waals surface area (Å²) in [5.74, 6) is -2.43. The predicted octanol–water partition coefficient (Wildman–Crippen LogP) is 8.50. The van der Waals surface area contributed by atoms with Crippen molar-refractivity contribution >= 4 is 35.0 Å². The number of carbonyl (C=O) groups excluding carboxylic acids is 4. The Morgan fingerprint density at radius 2 is 1.14 bits per heavy atom. The van der Waals surface area contributed by atoms with Crippen molar-refractivity contribution in [2.45, 2.75) is 80.1 Å². The molecule has 0 aromatic heterocycles. The fourth-order valence-electron chi connectivity index (χ4n) is 5.12. The molecule has 0 radical (unpaired) electrons. The highest BCUT2D eigenvalue weighted by atomic mass is 16.2. The molecule has 0 fully saturated rings. The third-order valence-corrected chi connectivity index (χ3v) is 7.74. The number of quaternary nitrogens is 1. The van der Waals surface area contributed by atoms with Crippen LogP contribution in [0.1, 0.15) is 98.4 Å². The molecule has 0 aliphatic heterocycles. The van der Waals surface area contributed by atoms with Crippen LogP contribution >= 0.6 is 0 Å². The smallest absolute Gasteiger partial charge is 0.322 e. The molecular formula is C38H45N2O4+. The van der Waals surface area contributed by atoms with Crippen molar-refractivity contribution in [3.8, 4) is 0 Å². The van der Waals surface area contributed by atoms with E-state index in [2.05, 4.69) is 46.9 Å². The van der Waals surface area contributed by atoms with Gasteiger partial charge in [-0.2, -0.15) is 0 Å². The maximum Gasteiger partial charge on any atom is 0.366 e. The Labute approximate surface area is 262 Å². The number of carbonyl (C=O) groups is 4. The van der Waals surface area contributed by atoms with E-state index in [1.54, 1.807) is 51.1 Å². The standard InChI is InChI=1S/C38H44N2O4/c1-11-14-33(41)40(34(42)15-12-2,36(44)32-21-19-28(23-26(32)4)38(8,9)10)30-17-13-16-29(24-30)39-35(43)31-20-18-27(22-25(31)3)37(5,6)7/h11-24H,1-10H3/p+1/b14-11+,15-12+. The Kier molecular flexibility index (Phi) is 10.1. The van der Waals surface area contributed by atoms with E-state index in [4.69, 9.17) is 0 Å². The number of amides is 4. The summed E-state index contributed by atoms with van der Waals surface area (Å²) in [5.41, 5.74) is 4.65. The molecule has 0 saturated heterocycles. The van der Waals surface area contributed by atoms with E-state index >= 15 is 0 Å². The van der Waals surface area contributed by atoms with Crippen molar-refractivity contribution in [1.29, 1.82) is 0 Å². The summed E-state index contributed by atoms with van der Waals surface area (Å²) >= 11 is 0. The molecule has 0 aliphatic carbocycles. The van der Waals surface area contributed by atoms with E-state index in [0.717, 1.165) is 16.7 Å². The van der Waals surface area contributed by atoms with Crippen molar-refractivity contribution in [3.63, 3.8) is 0 Å². The summed E-state index contributed by atoms with van der Waals surface area (Å²) in [6.45, 7) is 19.6. The first kappa shape index (κ1) is 34.1. The lowest BCUT2D eigenvalue weighted by Crippen LogP contribution is -2.61. The number of imide groups is 3. The van der Waals surface area contributed by atoms with Crippen molar-refractivity contribution in [2.75, 3.05) is 5.32 Å². The minimum absolute atomic E-state index is 0.0632. The summed E-state index contributed by atoms with van der Waals surface area (Å²) in [4.78, 5) is 55.9. The number of aryl methyl sites for hydroxylation is 2. The van der Waals surface area contributed by atoms with E-state index in [0.29, 0.717) is 16.8 Å². The molecule has 0 unspecified atom stereocenters. The zero-order valence-corrected chi connectivity index (χ0v) is 27.7. The SMILES string of the molecule is C/C=C/C(=O)[N+](C(=O)/C=C/C)(C(=O)c1ccc(C(C)(C)C)cc1C)c1cccc(NC(=O)c2ccc(C(C)(C)C)cc2C)c1. The molecule has 0 heterocycles. The van der Waals surface area contributed by atoms with Gasteiger partial charge in [-0.05, 0) is 79.0 Å². The monoisotopic (exact) mass is 593 g/mol. The van der Waals surface area contributed by atoms with E-state index < -0.39 is 22.2 Å². The second-order valence-electron chi connectivity index (χ2n) is 13.2. The van der Waals surface area contributed by atoms with Crippen LogP contribution in [0.5, 0.6) is 0 Å². The summed E-state index contributed by atoms with van der Waals surface area (Å²) in [6.07, 6.45) is 5.50. The van der Waals surface area contributed by atoms with Gasteiger partial charge in [0.05, 0.1) is 5.56 Å².